The van der Waals surface area contributed by atoms with E-state index in [4.69, 9.17) is 4.74 Å². The maximum Gasteiger partial charge on any atom is 0.145 e. The Morgan fingerprint density at radius 1 is 1.18 bits per heavy atom. The van der Waals surface area contributed by atoms with Gasteiger partial charge in [0.05, 0.1) is 0 Å². The molecule has 2 nitrogen and oxygen atoms in total. The fourth-order valence-corrected chi connectivity index (χ4v) is 3.39. The normalized spacial score (nSPS) is 34.2. The molecular weight excluding hydrogens is 219 g/mol. The Bertz CT molecular complexity index is 257. The molecule has 0 aromatic carbocycles. The van der Waals surface area contributed by atoms with Crippen molar-refractivity contribution in [3.63, 3.8) is 0 Å². The lowest BCUT2D eigenvalue weighted by molar-refractivity contribution is -0.0904. The van der Waals surface area contributed by atoms with E-state index in [2.05, 4.69) is 4.94 Å². The molecule has 0 spiro atoms. The van der Waals surface area contributed by atoms with Gasteiger partial charge in [0.1, 0.15) is 5.76 Å². The lowest BCUT2D eigenvalue weighted by Crippen LogP contribution is -2.24. The molecule has 0 radical (unpaired) electrons. The minimum atomic E-state index is 0.536. The monoisotopic (exact) mass is 242 g/mol. The third-order valence-electron chi connectivity index (χ3n) is 4.47. The summed E-state index contributed by atoms with van der Waals surface area (Å²) in [7, 11) is 1.79. The van der Waals surface area contributed by atoms with Gasteiger partial charge in [0.2, 0.25) is 0 Å². The Balaban J connectivity index is 1.76. The van der Waals surface area contributed by atoms with Gasteiger partial charge in [0.15, 0.2) is 0 Å². The molecule has 1 fully saturated rings. The second kappa shape index (κ2) is 6.39. The molecule has 0 amide bonds. The second-order valence-corrected chi connectivity index (χ2v) is 5.52. The number of rotatable bonds is 4. The smallest absolute Gasteiger partial charge is 0.145 e. The van der Waals surface area contributed by atoms with Gasteiger partial charge < -0.3 is 4.74 Å². The fraction of sp³-hybridized carbons (Fsp3) is 0.857. The van der Waals surface area contributed by atoms with Crippen LogP contribution >= 0.6 is 0 Å². The van der Waals surface area contributed by atoms with E-state index in [0.717, 1.165) is 43.6 Å². The predicted molar refractivity (Wildman–Crippen MR) is 64.9 cm³/mol. The SMILES string of the molecule is COCC1CCC(C2CC=C(OF)CC2)CC1. The average Bonchev–Trinajstić information content (AvgIpc) is 2.40. The third-order valence-corrected chi connectivity index (χ3v) is 4.47. The summed E-state index contributed by atoms with van der Waals surface area (Å²) in [6.45, 7) is 0.914. The molecule has 98 valence electrons. The van der Waals surface area contributed by atoms with E-state index in [0.29, 0.717) is 5.76 Å². The topological polar surface area (TPSA) is 18.5 Å². The van der Waals surface area contributed by atoms with Crippen LogP contribution in [0.3, 0.4) is 0 Å². The van der Waals surface area contributed by atoms with Crippen molar-refractivity contribution >= 4 is 0 Å². The van der Waals surface area contributed by atoms with Crippen molar-refractivity contribution in [2.75, 3.05) is 13.7 Å². The summed E-state index contributed by atoms with van der Waals surface area (Å²) in [5.74, 6) is 2.88. The van der Waals surface area contributed by atoms with Crippen molar-refractivity contribution in [3.8, 4) is 0 Å². The summed E-state index contributed by atoms with van der Waals surface area (Å²) < 4.78 is 17.2. The first-order valence-electron chi connectivity index (χ1n) is 6.80. The number of halogens is 1. The number of ether oxygens (including phenoxy) is 1. The molecule has 1 atom stereocenters. The van der Waals surface area contributed by atoms with Gasteiger partial charge >= 0.3 is 0 Å². The fourth-order valence-electron chi connectivity index (χ4n) is 3.39. The molecule has 1 saturated carbocycles. The highest BCUT2D eigenvalue weighted by molar-refractivity contribution is 4.99. The summed E-state index contributed by atoms with van der Waals surface area (Å²) in [5, 5.41) is 0. The van der Waals surface area contributed by atoms with Gasteiger partial charge in [0.25, 0.3) is 0 Å². The van der Waals surface area contributed by atoms with E-state index >= 15 is 0 Å². The maximum absolute atomic E-state index is 12.0. The zero-order valence-electron chi connectivity index (χ0n) is 10.7. The minimum absolute atomic E-state index is 0.536. The molecule has 0 heterocycles. The molecule has 0 aromatic rings. The van der Waals surface area contributed by atoms with E-state index in [1.807, 2.05) is 6.08 Å². The highest BCUT2D eigenvalue weighted by Gasteiger charge is 2.28. The lowest BCUT2D eigenvalue weighted by atomic mass is 9.72. The second-order valence-electron chi connectivity index (χ2n) is 5.52. The Hall–Kier alpha value is -0.570. The van der Waals surface area contributed by atoms with Gasteiger partial charge in [0, 0.05) is 24.7 Å². The van der Waals surface area contributed by atoms with Crippen LogP contribution in [-0.2, 0) is 9.68 Å². The Labute approximate surface area is 103 Å². The highest BCUT2D eigenvalue weighted by atomic mass is 19.3. The maximum atomic E-state index is 12.0. The molecule has 1 unspecified atom stereocenters. The van der Waals surface area contributed by atoms with Crippen molar-refractivity contribution in [1.29, 1.82) is 0 Å². The molecule has 2 aliphatic rings. The van der Waals surface area contributed by atoms with E-state index in [1.54, 1.807) is 7.11 Å². The van der Waals surface area contributed by atoms with Crippen molar-refractivity contribution in [2.24, 2.45) is 17.8 Å². The molecule has 0 aliphatic heterocycles. The van der Waals surface area contributed by atoms with Crippen LogP contribution in [0.1, 0.15) is 44.9 Å². The zero-order valence-corrected chi connectivity index (χ0v) is 10.7. The van der Waals surface area contributed by atoms with E-state index in [1.165, 1.54) is 25.7 Å². The largest absolute Gasteiger partial charge is 0.384 e. The van der Waals surface area contributed by atoms with Crippen LogP contribution < -0.4 is 0 Å². The van der Waals surface area contributed by atoms with Crippen LogP contribution in [0.25, 0.3) is 0 Å². The number of hydrogen-bond donors (Lipinski definition) is 0. The van der Waals surface area contributed by atoms with E-state index in [9.17, 15) is 4.53 Å². The van der Waals surface area contributed by atoms with Crippen molar-refractivity contribution in [3.05, 3.63) is 11.8 Å². The molecule has 2 aliphatic carbocycles. The summed E-state index contributed by atoms with van der Waals surface area (Å²) in [6.07, 6.45) is 10.0. The number of methoxy groups -OCH3 is 1. The molecule has 0 saturated heterocycles. The van der Waals surface area contributed by atoms with Gasteiger partial charge in [-0.05, 0) is 62.4 Å². The first-order chi connectivity index (χ1) is 8.33. The summed E-state index contributed by atoms with van der Waals surface area (Å²) in [4.78, 5) is 3.82. The van der Waals surface area contributed by atoms with Gasteiger partial charge in [-0.25, -0.2) is 0 Å². The molecule has 0 aromatic heterocycles. The Morgan fingerprint density at radius 3 is 2.47 bits per heavy atom. The molecular formula is C14H23FO2. The van der Waals surface area contributed by atoms with Gasteiger partial charge in [-0.1, -0.05) is 0 Å². The van der Waals surface area contributed by atoms with Gasteiger partial charge in [-0.15, -0.1) is 0 Å². The van der Waals surface area contributed by atoms with E-state index in [-0.39, 0.29) is 0 Å². The lowest BCUT2D eigenvalue weighted by Gasteiger charge is -2.34. The molecule has 3 heteroatoms. The van der Waals surface area contributed by atoms with Crippen LogP contribution in [-0.4, -0.2) is 13.7 Å². The van der Waals surface area contributed by atoms with Crippen molar-refractivity contribution in [1.82, 2.24) is 0 Å². The molecule has 17 heavy (non-hydrogen) atoms. The first kappa shape index (κ1) is 12.9. The van der Waals surface area contributed by atoms with Gasteiger partial charge in [-0.3, -0.25) is 4.94 Å². The molecule has 0 bridgehead atoms. The standard InChI is InChI=1S/C14H23FO2/c1-16-10-11-2-4-12(5-3-11)13-6-8-14(17-15)9-7-13/h8,11-13H,2-7,9-10H2,1H3. The molecule has 2 rings (SSSR count). The van der Waals surface area contributed by atoms with Gasteiger partial charge in [-0.2, -0.15) is 0 Å². The zero-order chi connectivity index (χ0) is 12.1. The van der Waals surface area contributed by atoms with Crippen LogP contribution in [0, 0.1) is 17.8 Å². The number of hydrogen-bond acceptors (Lipinski definition) is 2. The summed E-state index contributed by atoms with van der Waals surface area (Å²) in [6, 6.07) is 0. The summed E-state index contributed by atoms with van der Waals surface area (Å²) in [5.41, 5.74) is 0. The van der Waals surface area contributed by atoms with Crippen LogP contribution in [0.15, 0.2) is 11.8 Å². The Morgan fingerprint density at radius 2 is 1.94 bits per heavy atom. The van der Waals surface area contributed by atoms with Crippen molar-refractivity contribution < 1.29 is 14.2 Å². The Kier molecular flexibility index (Phi) is 4.84. The van der Waals surface area contributed by atoms with Crippen LogP contribution in [0.2, 0.25) is 0 Å². The van der Waals surface area contributed by atoms with Crippen LogP contribution in [0.5, 0.6) is 0 Å². The third kappa shape index (κ3) is 3.44. The average molecular weight is 242 g/mol. The summed E-state index contributed by atoms with van der Waals surface area (Å²) >= 11 is 0. The van der Waals surface area contributed by atoms with Crippen molar-refractivity contribution in [2.45, 2.75) is 44.9 Å². The quantitative estimate of drug-likeness (QED) is 0.741. The first-order valence-corrected chi connectivity index (χ1v) is 6.80. The minimum Gasteiger partial charge on any atom is -0.384 e. The highest BCUT2D eigenvalue weighted by Crippen LogP contribution is 2.39. The predicted octanol–water partition coefficient (Wildman–Crippen LogP) is 4.02. The molecule has 0 N–H and O–H groups in total. The van der Waals surface area contributed by atoms with E-state index < -0.39 is 0 Å². The van der Waals surface area contributed by atoms with Crippen LogP contribution in [0.4, 0.5) is 4.53 Å². The number of allylic oxidation sites excluding steroid dienone is 2.